The molecule has 0 heterocycles. The van der Waals surface area contributed by atoms with Crippen LogP contribution in [0.4, 0.5) is 0 Å². The summed E-state index contributed by atoms with van der Waals surface area (Å²) >= 11 is 5.26. The van der Waals surface area contributed by atoms with E-state index in [9.17, 15) is 4.79 Å². The Labute approximate surface area is 70.0 Å². The normalized spacial score (nSPS) is 20.5. The zero-order valence-electron chi connectivity index (χ0n) is 6.01. The van der Waals surface area contributed by atoms with E-state index in [0.717, 1.165) is 12.8 Å². The molecule has 0 atom stereocenters. The summed E-state index contributed by atoms with van der Waals surface area (Å²) in [7, 11) is 0. The maximum Gasteiger partial charge on any atom is 0.323 e. The van der Waals surface area contributed by atoms with Crippen LogP contribution in [-0.4, -0.2) is 23.2 Å². The molecule has 3 nitrogen and oxygen atoms in total. The Bertz CT molecular complexity index is 187. The van der Waals surface area contributed by atoms with Crippen molar-refractivity contribution in [2.24, 2.45) is 0 Å². The van der Waals surface area contributed by atoms with Gasteiger partial charge in [0.2, 0.25) is 0 Å². The molecule has 1 aliphatic rings. The Morgan fingerprint density at radius 2 is 2.36 bits per heavy atom. The second kappa shape index (κ2) is 3.24. The van der Waals surface area contributed by atoms with Gasteiger partial charge in [0.25, 0.3) is 0 Å². The van der Waals surface area contributed by atoms with Crippen LogP contribution >= 0.6 is 11.6 Å². The van der Waals surface area contributed by atoms with E-state index >= 15 is 0 Å². The highest BCUT2D eigenvalue weighted by molar-refractivity contribution is 6.25. The van der Waals surface area contributed by atoms with Crippen LogP contribution in [-0.2, 0) is 4.79 Å². The first-order chi connectivity index (χ1) is 5.21. The SMILES string of the molecule is O=C(O)C1(NC/C=C/Cl)CC1. The monoisotopic (exact) mass is 175 g/mol. The summed E-state index contributed by atoms with van der Waals surface area (Å²) in [5.74, 6) is -0.763. The average Bonchev–Trinajstić information content (AvgIpc) is 2.70. The minimum absolute atomic E-state index is 0.524. The summed E-state index contributed by atoms with van der Waals surface area (Å²) in [5.41, 5.74) is 0.737. The zero-order valence-corrected chi connectivity index (χ0v) is 6.77. The van der Waals surface area contributed by atoms with Crippen molar-refractivity contribution in [3.63, 3.8) is 0 Å². The van der Waals surface area contributed by atoms with Gasteiger partial charge in [-0.25, -0.2) is 0 Å². The van der Waals surface area contributed by atoms with Gasteiger partial charge in [0, 0.05) is 12.1 Å². The van der Waals surface area contributed by atoms with Crippen LogP contribution in [0, 0.1) is 0 Å². The molecular formula is C7H10ClNO2. The van der Waals surface area contributed by atoms with Crippen molar-refractivity contribution in [3.8, 4) is 0 Å². The molecule has 0 unspecified atom stereocenters. The highest BCUT2D eigenvalue weighted by Crippen LogP contribution is 2.35. The molecular weight excluding hydrogens is 166 g/mol. The summed E-state index contributed by atoms with van der Waals surface area (Å²) < 4.78 is 0. The molecule has 62 valence electrons. The predicted octanol–water partition coefficient (Wildman–Crippen LogP) is 0.946. The maximum absolute atomic E-state index is 10.6. The van der Waals surface area contributed by atoms with Gasteiger partial charge in [-0.1, -0.05) is 17.7 Å². The van der Waals surface area contributed by atoms with E-state index in [1.54, 1.807) is 6.08 Å². The smallest absolute Gasteiger partial charge is 0.323 e. The largest absolute Gasteiger partial charge is 0.480 e. The number of aliphatic carboxylic acids is 1. The molecule has 1 fully saturated rings. The van der Waals surface area contributed by atoms with Gasteiger partial charge in [0.05, 0.1) is 0 Å². The molecule has 0 radical (unpaired) electrons. The number of hydrogen-bond donors (Lipinski definition) is 2. The van der Waals surface area contributed by atoms with Crippen LogP contribution in [0.3, 0.4) is 0 Å². The first-order valence-corrected chi connectivity index (χ1v) is 3.88. The summed E-state index contributed by atoms with van der Waals surface area (Å²) in [6.45, 7) is 0.524. The summed E-state index contributed by atoms with van der Waals surface area (Å²) in [4.78, 5) is 10.6. The van der Waals surface area contributed by atoms with E-state index < -0.39 is 11.5 Å². The van der Waals surface area contributed by atoms with Crippen molar-refractivity contribution >= 4 is 17.6 Å². The standard InChI is InChI=1S/C7H10ClNO2/c8-4-1-5-9-7(2-3-7)6(10)11/h1,4,9H,2-3,5H2,(H,10,11)/b4-1+. The molecule has 11 heavy (non-hydrogen) atoms. The van der Waals surface area contributed by atoms with Crippen LogP contribution in [0.15, 0.2) is 11.6 Å². The van der Waals surface area contributed by atoms with Gasteiger partial charge in [-0.15, -0.1) is 0 Å². The predicted molar refractivity (Wildman–Crippen MR) is 42.6 cm³/mol. The van der Waals surface area contributed by atoms with Crippen molar-refractivity contribution in [2.75, 3.05) is 6.54 Å². The fraction of sp³-hybridized carbons (Fsp3) is 0.571. The lowest BCUT2D eigenvalue weighted by molar-refractivity contribution is -0.140. The number of carbonyl (C=O) groups is 1. The average molecular weight is 176 g/mol. The fourth-order valence-electron chi connectivity index (χ4n) is 0.890. The zero-order chi connectivity index (χ0) is 8.32. The summed E-state index contributed by atoms with van der Waals surface area (Å²) in [5, 5.41) is 11.6. The third-order valence-electron chi connectivity index (χ3n) is 1.81. The van der Waals surface area contributed by atoms with E-state index in [1.807, 2.05) is 0 Å². The minimum atomic E-state index is -0.763. The number of carboxylic acids is 1. The molecule has 1 saturated carbocycles. The van der Waals surface area contributed by atoms with E-state index in [4.69, 9.17) is 16.7 Å². The number of rotatable bonds is 4. The lowest BCUT2D eigenvalue weighted by atomic mass is 10.3. The highest BCUT2D eigenvalue weighted by atomic mass is 35.5. The van der Waals surface area contributed by atoms with E-state index in [2.05, 4.69) is 5.32 Å². The van der Waals surface area contributed by atoms with Gasteiger partial charge in [-0.2, -0.15) is 0 Å². The molecule has 0 aromatic carbocycles. The number of hydrogen-bond acceptors (Lipinski definition) is 2. The molecule has 2 N–H and O–H groups in total. The molecule has 0 aliphatic heterocycles. The quantitative estimate of drug-likeness (QED) is 0.669. The Morgan fingerprint density at radius 1 is 1.73 bits per heavy atom. The van der Waals surface area contributed by atoms with Crippen molar-refractivity contribution in [1.29, 1.82) is 0 Å². The lowest BCUT2D eigenvalue weighted by Crippen LogP contribution is -2.39. The van der Waals surface area contributed by atoms with Crippen molar-refractivity contribution in [2.45, 2.75) is 18.4 Å². The summed E-state index contributed by atoms with van der Waals surface area (Å²) in [6.07, 6.45) is 3.13. The van der Waals surface area contributed by atoms with Gasteiger partial charge >= 0.3 is 5.97 Å². The van der Waals surface area contributed by atoms with Crippen molar-refractivity contribution in [3.05, 3.63) is 11.6 Å². The summed E-state index contributed by atoms with van der Waals surface area (Å²) in [6, 6.07) is 0. The number of nitrogens with one attached hydrogen (secondary N) is 1. The first-order valence-electron chi connectivity index (χ1n) is 3.45. The second-order valence-corrected chi connectivity index (χ2v) is 2.88. The Balaban J connectivity index is 2.30. The number of carboxylic acid groups (broad SMARTS) is 1. The third-order valence-corrected chi connectivity index (χ3v) is 1.98. The van der Waals surface area contributed by atoms with Gasteiger partial charge in [-0.05, 0) is 12.8 Å². The Morgan fingerprint density at radius 3 is 2.73 bits per heavy atom. The van der Waals surface area contributed by atoms with Crippen LogP contribution in [0.1, 0.15) is 12.8 Å². The fourth-order valence-corrected chi connectivity index (χ4v) is 0.979. The lowest BCUT2D eigenvalue weighted by Gasteiger charge is -2.08. The van der Waals surface area contributed by atoms with Crippen LogP contribution in [0.2, 0.25) is 0 Å². The van der Waals surface area contributed by atoms with Crippen molar-refractivity contribution < 1.29 is 9.90 Å². The molecule has 0 aromatic heterocycles. The van der Waals surface area contributed by atoms with E-state index in [0.29, 0.717) is 6.54 Å². The van der Waals surface area contributed by atoms with Crippen LogP contribution in [0.5, 0.6) is 0 Å². The second-order valence-electron chi connectivity index (χ2n) is 2.63. The van der Waals surface area contributed by atoms with Crippen LogP contribution < -0.4 is 5.32 Å². The molecule has 4 heteroatoms. The highest BCUT2D eigenvalue weighted by Gasteiger charge is 2.49. The Kier molecular flexibility index (Phi) is 2.52. The minimum Gasteiger partial charge on any atom is -0.480 e. The molecule has 0 bridgehead atoms. The third kappa shape index (κ3) is 1.94. The van der Waals surface area contributed by atoms with Crippen LogP contribution in [0.25, 0.3) is 0 Å². The van der Waals surface area contributed by atoms with Crippen molar-refractivity contribution in [1.82, 2.24) is 5.32 Å². The first kappa shape index (κ1) is 8.56. The molecule has 0 aromatic rings. The Hall–Kier alpha value is -0.540. The maximum atomic E-state index is 10.6. The molecule has 0 spiro atoms. The molecule has 1 aliphatic carbocycles. The van der Waals surface area contributed by atoms with E-state index in [-0.39, 0.29) is 0 Å². The molecule has 1 rings (SSSR count). The molecule has 0 saturated heterocycles. The van der Waals surface area contributed by atoms with Gasteiger partial charge in [-0.3, -0.25) is 10.1 Å². The number of halogens is 1. The van der Waals surface area contributed by atoms with Gasteiger partial charge in [0.15, 0.2) is 0 Å². The topological polar surface area (TPSA) is 49.3 Å². The van der Waals surface area contributed by atoms with Gasteiger partial charge < -0.3 is 5.11 Å². The molecule has 0 amide bonds. The van der Waals surface area contributed by atoms with E-state index in [1.165, 1.54) is 5.54 Å². The van der Waals surface area contributed by atoms with Gasteiger partial charge in [0.1, 0.15) is 5.54 Å².